The second-order valence-electron chi connectivity index (χ2n) is 4.07. The quantitative estimate of drug-likeness (QED) is 0.638. The minimum absolute atomic E-state index is 0.386. The first kappa shape index (κ1) is 16.6. The molecule has 1 aromatic rings. The van der Waals surface area contributed by atoms with Gasteiger partial charge in [0.2, 0.25) is 10.0 Å². The summed E-state index contributed by atoms with van der Waals surface area (Å²) in [7, 11) is -1.76. The molecule has 1 rings (SSSR count). The van der Waals surface area contributed by atoms with E-state index in [0.717, 1.165) is 24.4 Å². The number of sulfonamides is 1. The van der Waals surface area contributed by atoms with Crippen molar-refractivity contribution in [3.8, 4) is 0 Å². The van der Waals surface area contributed by atoms with Gasteiger partial charge < -0.3 is 10.1 Å². The Morgan fingerprint density at radius 1 is 1.32 bits per heavy atom. The molecule has 5 nitrogen and oxygen atoms in total. The maximum atomic E-state index is 12.0. The zero-order valence-electron chi connectivity index (χ0n) is 11.4. The maximum Gasteiger partial charge on any atom is 0.250 e. The molecule has 0 aromatic carbocycles. The summed E-state index contributed by atoms with van der Waals surface area (Å²) >= 11 is 1.33. The van der Waals surface area contributed by atoms with Crippen molar-refractivity contribution in [3.05, 3.63) is 17.0 Å². The van der Waals surface area contributed by atoms with E-state index >= 15 is 0 Å². The summed E-state index contributed by atoms with van der Waals surface area (Å²) in [5, 5.41) is 3.22. The molecule has 1 heterocycles. The Labute approximate surface area is 119 Å². The molecule has 0 aliphatic heterocycles. The van der Waals surface area contributed by atoms with Gasteiger partial charge in [-0.05, 0) is 38.1 Å². The van der Waals surface area contributed by atoms with Crippen molar-refractivity contribution in [3.63, 3.8) is 0 Å². The number of hydrogen-bond acceptors (Lipinski definition) is 5. The van der Waals surface area contributed by atoms with Crippen LogP contribution in [0, 0.1) is 0 Å². The zero-order chi connectivity index (χ0) is 14.1. The lowest BCUT2D eigenvalue weighted by molar-refractivity contribution is 0.196. The number of thiophene rings is 1. The second-order valence-corrected chi connectivity index (χ2v) is 7.23. The topological polar surface area (TPSA) is 67.4 Å². The SMILES string of the molecule is CCNCCc1ccc(S(=O)(=O)NCCCOC)s1. The molecule has 0 atom stereocenters. The number of ether oxygens (including phenoxy) is 1. The first-order chi connectivity index (χ1) is 9.10. The van der Waals surface area contributed by atoms with Crippen LogP contribution in [0.4, 0.5) is 0 Å². The van der Waals surface area contributed by atoms with Gasteiger partial charge in [0, 0.05) is 25.1 Å². The Morgan fingerprint density at radius 3 is 2.79 bits per heavy atom. The van der Waals surface area contributed by atoms with E-state index in [9.17, 15) is 8.42 Å². The van der Waals surface area contributed by atoms with Gasteiger partial charge in [0.05, 0.1) is 0 Å². The second kappa shape index (κ2) is 8.65. The highest BCUT2D eigenvalue weighted by Gasteiger charge is 2.15. The lowest BCUT2D eigenvalue weighted by Gasteiger charge is -2.04. The molecule has 0 saturated carbocycles. The molecule has 0 amide bonds. The van der Waals surface area contributed by atoms with Gasteiger partial charge in [0.25, 0.3) is 0 Å². The number of hydrogen-bond donors (Lipinski definition) is 2. The van der Waals surface area contributed by atoms with E-state index in [-0.39, 0.29) is 0 Å². The third-order valence-corrected chi connectivity index (χ3v) is 5.62. The van der Waals surface area contributed by atoms with Crippen LogP contribution >= 0.6 is 11.3 Å². The van der Waals surface area contributed by atoms with Gasteiger partial charge in [-0.1, -0.05) is 6.92 Å². The molecule has 0 unspecified atom stereocenters. The first-order valence-electron chi connectivity index (χ1n) is 6.38. The minimum Gasteiger partial charge on any atom is -0.385 e. The fourth-order valence-electron chi connectivity index (χ4n) is 1.52. The lowest BCUT2D eigenvalue weighted by Crippen LogP contribution is -2.24. The van der Waals surface area contributed by atoms with Crippen molar-refractivity contribution in [2.45, 2.75) is 24.0 Å². The molecular weight excluding hydrogens is 284 g/mol. The Balaban J connectivity index is 2.49. The average molecular weight is 306 g/mol. The molecule has 0 bridgehead atoms. The Hall–Kier alpha value is -0.470. The largest absolute Gasteiger partial charge is 0.385 e. The van der Waals surface area contributed by atoms with E-state index in [2.05, 4.69) is 10.0 Å². The molecule has 1 aromatic heterocycles. The normalized spacial score (nSPS) is 11.9. The maximum absolute atomic E-state index is 12.0. The molecule has 19 heavy (non-hydrogen) atoms. The Bertz CT molecular complexity index is 457. The van der Waals surface area contributed by atoms with E-state index in [4.69, 9.17) is 4.74 Å². The number of methoxy groups -OCH3 is 1. The van der Waals surface area contributed by atoms with Gasteiger partial charge in [0.15, 0.2) is 0 Å². The third-order valence-electron chi connectivity index (χ3n) is 2.52. The highest BCUT2D eigenvalue weighted by atomic mass is 32.2. The van der Waals surface area contributed by atoms with Crippen LogP contribution < -0.4 is 10.0 Å². The van der Waals surface area contributed by atoms with Gasteiger partial charge in [0.1, 0.15) is 4.21 Å². The Morgan fingerprint density at radius 2 is 2.11 bits per heavy atom. The van der Waals surface area contributed by atoms with Gasteiger partial charge >= 0.3 is 0 Å². The number of likely N-dealkylation sites (N-methyl/N-ethyl adjacent to an activating group) is 1. The standard InChI is InChI=1S/C12H22N2O3S2/c1-3-13-9-7-11-5-6-12(18-11)19(15,16)14-8-4-10-17-2/h5-6,13-14H,3-4,7-10H2,1-2H3. The third kappa shape index (κ3) is 6.01. The summed E-state index contributed by atoms with van der Waals surface area (Å²) in [5.74, 6) is 0. The van der Waals surface area contributed by atoms with Crippen LogP contribution in [0.15, 0.2) is 16.3 Å². The summed E-state index contributed by atoms with van der Waals surface area (Å²) < 4.78 is 31.8. The van der Waals surface area contributed by atoms with Crippen LogP contribution in [0.2, 0.25) is 0 Å². The van der Waals surface area contributed by atoms with Crippen LogP contribution in [-0.2, 0) is 21.2 Å². The number of rotatable bonds is 10. The van der Waals surface area contributed by atoms with E-state index in [1.165, 1.54) is 11.3 Å². The van der Waals surface area contributed by atoms with Crippen molar-refractivity contribution >= 4 is 21.4 Å². The molecule has 2 N–H and O–H groups in total. The van der Waals surface area contributed by atoms with E-state index < -0.39 is 10.0 Å². The molecule has 0 saturated heterocycles. The first-order valence-corrected chi connectivity index (χ1v) is 8.68. The molecular formula is C12H22N2O3S2. The molecule has 0 spiro atoms. The fraction of sp³-hybridized carbons (Fsp3) is 0.667. The van der Waals surface area contributed by atoms with Crippen LogP contribution in [0.5, 0.6) is 0 Å². The fourth-order valence-corrected chi connectivity index (χ4v) is 3.99. The van der Waals surface area contributed by atoms with E-state index in [0.29, 0.717) is 23.8 Å². The summed E-state index contributed by atoms with van der Waals surface area (Å²) in [4.78, 5) is 1.08. The average Bonchev–Trinajstić information content (AvgIpc) is 2.85. The van der Waals surface area contributed by atoms with Crippen molar-refractivity contribution in [1.29, 1.82) is 0 Å². The van der Waals surface area contributed by atoms with Crippen LogP contribution in [-0.4, -0.2) is 41.8 Å². The molecule has 0 fully saturated rings. The minimum atomic E-state index is -3.36. The highest BCUT2D eigenvalue weighted by molar-refractivity contribution is 7.91. The predicted octanol–water partition coefficient (Wildman–Crippen LogP) is 1.21. The molecule has 0 aliphatic rings. The van der Waals surface area contributed by atoms with Crippen molar-refractivity contribution < 1.29 is 13.2 Å². The van der Waals surface area contributed by atoms with E-state index in [1.54, 1.807) is 13.2 Å². The highest BCUT2D eigenvalue weighted by Crippen LogP contribution is 2.21. The summed E-state index contributed by atoms with van der Waals surface area (Å²) in [6.45, 7) is 4.81. The van der Waals surface area contributed by atoms with Gasteiger partial charge in [-0.2, -0.15) is 0 Å². The van der Waals surface area contributed by atoms with E-state index in [1.807, 2.05) is 13.0 Å². The van der Waals surface area contributed by atoms with Gasteiger partial charge in [-0.25, -0.2) is 13.1 Å². The smallest absolute Gasteiger partial charge is 0.250 e. The molecule has 0 aliphatic carbocycles. The molecule has 0 radical (unpaired) electrons. The monoisotopic (exact) mass is 306 g/mol. The van der Waals surface area contributed by atoms with Crippen molar-refractivity contribution in [2.75, 3.05) is 33.4 Å². The van der Waals surface area contributed by atoms with Crippen LogP contribution in [0.1, 0.15) is 18.2 Å². The van der Waals surface area contributed by atoms with Crippen molar-refractivity contribution in [1.82, 2.24) is 10.0 Å². The predicted molar refractivity (Wildman–Crippen MR) is 78.2 cm³/mol. The summed E-state index contributed by atoms with van der Waals surface area (Å²) in [6.07, 6.45) is 1.53. The zero-order valence-corrected chi connectivity index (χ0v) is 13.1. The lowest BCUT2D eigenvalue weighted by atomic mass is 10.3. The van der Waals surface area contributed by atoms with Crippen LogP contribution in [0.3, 0.4) is 0 Å². The molecule has 110 valence electrons. The van der Waals surface area contributed by atoms with Crippen LogP contribution in [0.25, 0.3) is 0 Å². The van der Waals surface area contributed by atoms with Gasteiger partial charge in [-0.15, -0.1) is 11.3 Å². The number of nitrogens with one attached hydrogen (secondary N) is 2. The summed E-state index contributed by atoms with van der Waals surface area (Å²) in [5.41, 5.74) is 0. The van der Waals surface area contributed by atoms with Crippen molar-refractivity contribution in [2.24, 2.45) is 0 Å². The van der Waals surface area contributed by atoms with Gasteiger partial charge in [-0.3, -0.25) is 0 Å². The summed E-state index contributed by atoms with van der Waals surface area (Å²) in [6, 6.07) is 3.55. The Kier molecular flexibility index (Phi) is 7.55. The molecule has 7 heteroatoms.